The molecule has 3 rings (SSSR count). The van der Waals surface area contributed by atoms with E-state index in [4.69, 9.17) is 12.2 Å². The van der Waals surface area contributed by atoms with Crippen LogP contribution in [0.4, 0.5) is 17.1 Å². The van der Waals surface area contributed by atoms with Gasteiger partial charge in [-0.2, -0.15) is 0 Å². The van der Waals surface area contributed by atoms with Crippen LogP contribution in [-0.4, -0.2) is 16.8 Å². The second-order valence-electron chi connectivity index (χ2n) is 5.81. The van der Waals surface area contributed by atoms with E-state index < -0.39 is 0 Å². The Morgan fingerprint density at radius 1 is 0.786 bits per heavy atom. The molecule has 0 aliphatic rings. The number of anilines is 3. The molecule has 0 unspecified atom stereocenters. The largest absolute Gasteiger partial charge is 0.332 e. The lowest BCUT2D eigenvalue weighted by molar-refractivity contribution is -0.113. The third kappa shape index (κ3) is 6.81. The van der Waals surface area contributed by atoms with Crippen LogP contribution in [0.15, 0.2) is 83.8 Å². The standard InChI is InChI=1S/C21H18IN3OS2/c22-15-6-8-17(9-7-15)23-20(26)14-28-19-12-10-18(11-13-19)25-21(27)24-16-4-2-1-3-5-16/h1-13H,14H2,(H,23,26)(H2,24,25,27). The van der Waals surface area contributed by atoms with Gasteiger partial charge in [0.2, 0.25) is 5.91 Å². The van der Waals surface area contributed by atoms with Crippen LogP contribution < -0.4 is 16.0 Å². The Morgan fingerprint density at radius 2 is 1.32 bits per heavy atom. The summed E-state index contributed by atoms with van der Waals surface area (Å²) in [4.78, 5) is 13.1. The van der Waals surface area contributed by atoms with Crippen molar-refractivity contribution in [3.8, 4) is 0 Å². The minimum absolute atomic E-state index is 0.0263. The normalized spacial score (nSPS) is 10.2. The second kappa shape index (κ2) is 10.4. The topological polar surface area (TPSA) is 53.2 Å². The number of amides is 1. The number of thioether (sulfide) groups is 1. The van der Waals surface area contributed by atoms with Gasteiger partial charge >= 0.3 is 0 Å². The molecular weight excluding hydrogens is 501 g/mol. The van der Waals surface area contributed by atoms with E-state index in [2.05, 4.69) is 38.5 Å². The predicted octanol–water partition coefficient (Wildman–Crippen LogP) is 5.83. The molecular formula is C21H18IN3OS2. The highest BCUT2D eigenvalue weighted by Gasteiger charge is 2.05. The zero-order valence-corrected chi connectivity index (χ0v) is 18.6. The molecule has 0 aromatic heterocycles. The Labute approximate surface area is 187 Å². The summed E-state index contributed by atoms with van der Waals surface area (Å²) in [5, 5.41) is 9.71. The molecule has 4 nitrogen and oxygen atoms in total. The van der Waals surface area contributed by atoms with Gasteiger partial charge in [-0.1, -0.05) is 18.2 Å². The lowest BCUT2D eigenvalue weighted by Gasteiger charge is -2.11. The third-order valence-corrected chi connectivity index (χ3v) is 5.58. The fourth-order valence-electron chi connectivity index (χ4n) is 2.33. The maximum absolute atomic E-state index is 12.1. The minimum atomic E-state index is -0.0263. The van der Waals surface area contributed by atoms with Crippen LogP contribution >= 0.6 is 46.6 Å². The maximum atomic E-state index is 12.1. The lowest BCUT2D eigenvalue weighted by Crippen LogP contribution is -2.18. The first-order valence-electron chi connectivity index (χ1n) is 8.50. The van der Waals surface area contributed by atoms with Crippen molar-refractivity contribution in [1.82, 2.24) is 0 Å². The number of para-hydroxylation sites is 1. The molecule has 0 fully saturated rings. The SMILES string of the molecule is O=C(CSc1ccc(NC(=S)Nc2ccccc2)cc1)Nc1ccc(I)cc1. The minimum Gasteiger partial charge on any atom is -0.332 e. The van der Waals surface area contributed by atoms with E-state index >= 15 is 0 Å². The first-order chi connectivity index (χ1) is 13.6. The predicted molar refractivity (Wildman–Crippen MR) is 131 cm³/mol. The van der Waals surface area contributed by atoms with Gasteiger partial charge in [0.1, 0.15) is 0 Å². The highest BCUT2D eigenvalue weighted by atomic mass is 127. The van der Waals surface area contributed by atoms with Gasteiger partial charge in [0.15, 0.2) is 5.11 Å². The van der Waals surface area contributed by atoms with Crippen LogP contribution in [0.25, 0.3) is 0 Å². The van der Waals surface area contributed by atoms with Gasteiger partial charge < -0.3 is 16.0 Å². The van der Waals surface area contributed by atoms with E-state index in [1.807, 2.05) is 78.9 Å². The molecule has 0 aliphatic heterocycles. The quantitative estimate of drug-likeness (QED) is 0.217. The van der Waals surface area contributed by atoms with Crippen molar-refractivity contribution in [2.75, 3.05) is 21.7 Å². The Hall–Kier alpha value is -2.10. The molecule has 1 amide bonds. The van der Waals surface area contributed by atoms with Crippen molar-refractivity contribution in [2.24, 2.45) is 0 Å². The number of halogens is 1. The second-order valence-corrected chi connectivity index (χ2v) is 8.52. The van der Waals surface area contributed by atoms with Gasteiger partial charge in [-0.25, -0.2) is 0 Å². The molecule has 0 atom stereocenters. The van der Waals surface area contributed by atoms with Crippen molar-refractivity contribution in [3.05, 3.63) is 82.4 Å². The van der Waals surface area contributed by atoms with Gasteiger partial charge in [-0.15, -0.1) is 11.8 Å². The first kappa shape index (κ1) is 20.6. The number of hydrogen-bond acceptors (Lipinski definition) is 3. The molecule has 3 aromatic rings. The molecule has 0 spiro atoms. The molecule has 0 bridgehead atoms. The van der Waals surface area contributed by atoms with Gasteiger partial charge in [0, 0.05) is 25.5 Å². The molecule has 0 aliphatic carbocycles. The van der Waals surface area contributed by atoms with Crippen molar-refractivity contribution in [3.63, 3.8) is 0 Å². The summed E-state index contributed by atoms with van der Waals surface area (Å²) in [7, 11) is 0. The summed E-state index contributed by atoms with van der Waals surface area (Å²) in [5.41, 5.74) is 2.64. The molecule has 0 saturated carbocycles. The average Bonchev–Trinajstić information content (AvgIpc) is 2.70. The van der Waals surface area contributed by atoms with Crippen LogP contribution in [-0.2, 0) is 4.79 Å². The molecule has 3 aromatic carbocycles. The maximum Gasteiger partial charge on any atom is 0.234 e. The van der Waals surface area contributed by atoms with Crippen molar-refractivity contribution in [1.29, 1.82) is 0 Å². The summed E-state index contributed by atoms with van der Waals surface area (Å²) < 4.78 is 1.14. The van der Waals surface area contributed by atoms with Crippen LogP contribution in [0.3, 0.4) is 0 Å². The van der Waals surface area contributed by atoms with Crippen molar-refractivity contribution >= 4 is 74.7 Å². The number of rotatable bonds is 6. The number of nitrogens with one attached hydrogen (secondary N) is 3. The summed E-state index contributed by atoms with van der Waals surface area (Å²) >= 11 is 9.05. The number of carbonyl (C=O) groups excluding carboxylic acids is 1. The van der Waals surface area contributed by atoms with Crippen LogP contribution in [0.5, 0.6) is 0 Å². The fourth-order valence-corrected chi connectivity index (χ4v) is 3.62. The van der Waals surface area contributed by atoms with Gasteiger partial charge in [-0.3, -0.25) is 4.79 Å². The zero-order chi connectivity index (χ0) is 19.8. The van der Waals surface area contributed by atoms with E-state index in [-0.39, 0.29) is 5.91 Å². The Bertz CT molecular complexity index is 932. The van der Waals surface area contributed by atoms with Crippen LogP contribution in [0.2, 0.25) is 0 Å². The Kier molecular flexibility index (Phi) is 7.70. The highest BCUT2D eigenvalue weighted by Crippen LogP contribution is 2.21. The summed E-state index contributed by atoms with van der Waals surface area (Å²) in [6.07, 6.45) is 0. The molecule has 3 N–H and O–H groups in total. The average molecular weight is 519 g/mol. The number of benzene rings is 3. The highest BCUT2D eigenvalue weighted by molar-refractivity contribution is 14.1. The van der Waals surface area contributed by atoms with E-state index in [0.717, 1.165) is 25.5 Å². The molecule has 142 valence electrons. The van der Waals surface area contributed by atoms with E-state index in [9.17, 15) is 4.79 Å². The summed E-state index contributed by atoms with van der Waals surface area (Å²) in [6.45, 7) is 0. The Morgan fingerprint density at radius 3 is 1.96 bits per heavy atom. The zero-order valence-electron chi connectivity index (χ0n) is 14.8. The molecule has 0 heterocycles. The van der Waals surface area contributed by atoms with Gasteiger partial charge in [-0.05, 0) is 95.5 Å². The smallest absolute Gasteiger partial charge is 0.234 e. The Balaban J connectivity index is 1.45. The first-order valence-corrected chi connectivity index (χ1v) is 11.0. The molecule has 7 heteroatoms. The third-order valence-electron chi connectivity index (χ3n) is 3.64. The van der Waals surface area contributed by atoms with E-state index in [1.54, 1.807) is 0 Å². The molecule has 0 radical (unpaired) electrons. The fraction of sp³-hybridized carbons (Fsp3) is 0.0476. The number of hydrogen-bond donors (Lipinski definition) is 3. The van der Waals surface area contributed by atoms with Crippen molar-refractivity contribution < 1.29 is 4.79 Å². The number of thiocarbonyl (C=S) groups is 1. The van der Waals surface area contributed by atoms with Gasteiger partial charge in [0.05, 0.1) is 5.75 Å². The molecule has 28 heavy (non-hydrogen) atoms. The lowest BCUT2D eigenvalue weighted by atomic mass is 10.3. The van der Waals surface area contributed by atoms with E-state index in [0.29, 0.717) is 10.9 Å². The summed E-state index contributed by atoms with van der Waals surface area (Å²) in [5.74, 6) is 0.328. The molecule has 0 saturated heterocycles. The van der Waals surface area contributed by atoms with Crippen LogP contribution in [0, 0.1) is 3.57 Å². The van der Waals surface area contributed by atoms with Crippen LogP contribution in [0.1, 0.15) is 0 Å². The van der Waals surface area contributed by atoms with E-state index in [1.165, 1.54) is 11.8 Å². The monoisotopic (exact) mass is 519 g/mol. The number of carbonyl (C=O) groups is 1. The van der Waals surface area contributed by atoms with Crippen molar-refractivity contribution in [2.45, 2.75) is 4.90 Å². The summed E-state index contributed by atoms with van der Waals surface area (Å²) in [6, 6.07) is 25.3. The van der Waals surface area contributed by atoms with Gasteiger partial charge in [0.25, 0.3) is 0 Å².